The predicted molar refractivity (Wildman–Crippen MR) is 78.1 cm³/mol. The van der Waals surface area contributed by atoms with Gasteiger partial charge in [-0.1, -0.05) is 13.3 Å². The Morgan fingerprint density at radius 3 is 2.95 bits per heavy atom. The zero-order valence-electron chi connectivity index (χ0n) is 12.3. The molecule has 110 valence electrons. The lowest BCUT2D eigenvalue weighted by Gasteiger charge is -2.23. The summed E-state index contributed by atoms with van der Waals surface area (Å²) in [5.74, 6) is 0.902. The molecule has 0 spiro atoms. The monoisotopic (exact) mass is 267 g/mol. The zero-order valence-corrected chi connectivity index (χ0v) is 12.3. The Morgan fingerprint density at radius 1 is 1.37 bits per heavy atom. The molecule has 0 aliphatic carbocycles. The van der Waals surface area contributed by atoms with Gasteiger partial charge in [0, 0.05) is 25.6 Å². The van der Waals surface area contributed by atoms with Crippen molar-refractivity contribution >= 4 is 5.91 Å². The molecule has 0 bridgehead atoms. The molecule has 2 unspecified atom stereocenters. The molecule has 0 radical (unpaired) electrons. The number of hydrogen-bond acceptors (Lipinski definition) is 3. The molecule has 2 aliphatic rings. The van der Waals surface area contributed by atoms with Crippen LogP contribution in [-0.4, -0.2) is 49.6 Å². The minimum atomic E-state index is 0.238. The van der Waals surface area contributed by atoms with E-state index < -0.39 is 0 Å². The Balaban J connectivity index is 1.54. The fourth-order valence-electron chi connectivity index (χ4n) is 3.19. The summed E-state index contributed by atoms with van der Waals surface area (Å²) in [4.78, 5) is 14.3. The average molecular weight is 267 g/mol. The van der Waals surface area contributed by atoms with Gasteiger partial charge < -0.3 is 15.5 Å². The second-order valence-electron chi connectivity index (χ2n) is 6.04. The molecule has 0 aromatic carbocycles. The van der Waals surface area contributed by atoms with Crippen molar-refractivity contribution in [2.75, 3.05) is 32.7 Å². The molecule has 2 saturated heterocycles. The third-order valence-corrected chi connectivity index (χ3v) is 4.54. The van der Waals surface area contributed by atoms with E-state index in [0.717, 1.165) is 32.6 Å². The number of carbonyl (C=O) groups is 1. The van der Waals surface area contributed by atoms with Gasteiger partial charge >= 0.3 is 0 Å². The summed E-state index contributed by atoms with van der Waals surface area (Å²) in [6.45, 7) is 7.69. The van der Waals surface area contributed by atoms with Crippen molar-refractivity contribution in [1.29, 1.82) is 0 Å². The van der Waals surface area contributed by atoms with Crippen LogP contribution in [0.3, 0.4) is 0 Å². The summed E-state index contributed by atoms with van der Waals surface area (Å²) in [5, 5.41) is 6.61. The van der Waals surface area contributed by atoms with Crippen molar-refractivity contribution in [3.8, 4) is 0 Å². The maximum Gasteiger partial charge on any atom is 0.220 e. The third-order valence-electron chi connectivity index (χ3n) is 4.54. The number of carbonyl (C=O) groups excluding carboxylic acids is 1. The smallest absolute Gasteiger partial charge is 0.220 e. The second-order valence-corrected chi connectivity index (χ2v) is 6.04. The minimum absolute atomic E-state index is 0.238. The Bertz CT molecular complexity index is 277. The van der Waals surface area contributed by atoms with Gasteiger partial charge in [-0.2, -0.15) is 0 Å². The topological polar surface area (TPSA) is 44.4 Å². The first-order valence-electron chi connectivity index (χ1n) is 8.00. The molecule has 2 heterocycles. The predicted octanol–water partition coefficient (Wildman–Crippen LogP) is 1.37. The van der Waals surface area contributed by atoms with Crippen molar-refractivity contribution in [3.63, 3.8) is 0 Å². The van der Waals surface area contributed by atoms with Gasteiger partial charge in [0.25, 0.3) is 0 Å². The fourth-order valence-corrected chi connectivity index (χ4v) is 3.19. The molecule has 0 aromatic rings. The van der Waals surface area contributed by atoms with Crippen molar-refractivity contribution in [1.82, 2.24) is 15.5 Å². The Hall–Kier alpha value is -0.610. The highest BCUT2D eigenvalue weighted by Gasteiger charge is 2.21. The summed E-state index contributed by atoms with van der Waals surface area (Å²) in [6, 6.07) is 0.571. The molecule has 2 fully saturated rings. The zero-order chi connectivity index (χ0) is 13.5. The van der Waals surface area contributed by atoms with Crippen LogP contribution in [-0.2, 0) is 4.79 Å². The standard InChI is InChI=1S/C15H29N3O/c1-2-18-10-8-13(12-18)11-17-15(19)7-6-14-5-3-4-9-16-14/h13-14,16H,2-12H2,1H3,(H,17,19). The Kier molecular flexibility index (Phi) is 6.11. The molecule has 2 N–H and O–H groups in total. The van der Waals surface area contributed by atoms with Crippen LogP contribution in [0.25, 0.3) is 0 Å². The molecule has 2 aliphatic heterocycles. The van der Waals surface area contributed by atoms with Gasteiger partial charge in [-0.05, 0) is 51.2 Å². The molecule has 4 heteroatoms. The van der Waals surface area contributed by atoms with Gasteiger partial charge in [0.2, 0.25) is 5.91 Å². The molecule has 0 aromatic heterocycles. The summed E-state index contributed by atoms with van der Waals surface area (Å²) in [7, 11) is 0. The summed E-state index contributed by atoms with van der Waals surface area (Å²) in [6.07, 6.45) is 6.76. The van der Waals surface area contributed by atoms with Gasteiger partial charge in [0.1, 0.15) is 0 Å². The average Bonchev–Trinajstić information content (AvgIpc) is 2.92. The minimum Gasteiger partial charge on any atom is -0.356 e. The number of likely N-dealkylation sites (tertiary alicyclic amines) is 1. The summed E-state index contributed by atoms with van der Waals surface area (Å²) < 4.78 is 0. The lowest BCUT2D eigenvalue weighted by Crippen LogP contribution is -2.36. The van der Waals surface area contributed by atoms with E-state index in [1.165, 1.54) is 32.2 Å². The SMILES string of the molecule is CCN1CCC(CNC(=O)CCC2CCCCN2)C1. The number of nitrogens with one attached hydrogen (secondary N) is 2. The van der Waals surface area contributed by atoms with Crippen molar-refractivity contribution in [2.24, 2.45) is 5.92 Å². The highest BCUT2D eigenvalue weighted by atomic mass is 16.1. The number of amides is 1. The highest BCUT2D eigenvalue weighted by Crippen LogP contribution is 2.15. The van der Waals surface area contributed by atoms with Crippen LogP contribution >= 0.6 is 0 Å². The summed E-state index contributed by atoms with van der Waals surface area (Å²) >= 11 is 0. The first-order valence-corrected chi connectivity index (χ1v) is 8.00. The van der Waals surface area contributed by atoms with Gasteiger partial charge in [-0.3, -0.25) is 4.79 Å². The van der Waals surface area contributed by atoms with Gasteiger partial charge in [-0.15, -0.1) is 0 Å². The number of piperidine rings is 1. The van der Waals surface area contributed by atoms with Crippen LogP contribution in [0.15, 0.2) is 0 Å². The second kappa shape index (κ2) is 7.85. The Labute approximate surface area is 117 Å². The maximum absolute atomic E-state index is 11.8. The van der Waals surface area contributed by atoms with Crippen LogP contribution < -0.4 is 10.6 Å². The maximum atomic E-state index is 11.8. The molecule has 2 atom stereocenters. The van der Waals surface area contributed by atoms with Crippen LogP contribution in [0.2, 0.25) is 0 Å². The van der Waals surface area contributed by atoms with Crippen molar-refractivity contribution in [2.45, 2.75) is 51.5 Å². The van der Waals surface area contributed by atoms with Crippen LogP contribution in [0.4, 0.5) is 0 Å². The molecule has 1 amide bonds. The first-order chi connectivity index (χ1) is 9.28. The number of rotatable bonds is 6. The van der Waals surface area contributed by atoms with Crippen molar-refractivity contribution < 1.29 is 4.79 Å². The van der Waals surface area contributed by atoms with Gasteiger partial charge in [0.05, 0.1) is 0 Å². The van der Waals surface area contributed by atoms with Crippen LogP contribution in [0.1, 0.15) is 45.4 Å². The number of hydrogen-bond donors (Lipinski definition) is 2. The van der Waals surface area contributed by atoms with Gasteiger partial charge in [0.15, 0.2) is 0 Å². The van der Waals surface area contributed by atoms with Crippen molar-refractivity contribution in [3.05, 3.63) is 0 Å². The Morgan fingerprint density at radius 2 is 2.26 bits per heavy atom. The van der Waals surface area contributed by atoms with E-state index in [0.29, 0.717) is 18.4 Å². The van der Waals surface area contributed by atoms with E-state index in [1.54, 1.807) is 0 Å². The van der Waals surface area contributed by atoms with Crippen LogP contribution in [0, 0.1) is 5.92 Å². The highest BCUT2D eigenvalue weighted by molar-refractivity contribution is 5.75. The van der Waals surface area contributed by atoms with E-state index in [9.17, 15) is 4.79 Å². The lowest BCUT2D eigenvalue weighted by atomic mass is 10.0. The molecule has 19 heavy (non-hydrogen) atoms. The molecule has 4 nitrogen and oxygen atoms in total. The number of nitrogens with zero attached hydrogens (tertiary/aromatic N) is 1. The van der Waals surface area contributed by atoms with E-state index in [-0.39, 0.29) is 5.91 Å². The molecular weight excluding hydrogens is 238 g/mol. The summed E-state index contributed by atoms with van der Waals surface area (Å²) in [5.41, 5.74) is 0. The first kappa shape index (κ1) is 14.8. The van der Waals surface area contributed by atoms with E-state index in [4.69, 9.17) is 0 Å². The van der Waals surface area contributed by atoms with E-state index in [1.807, 2.05) is 0 Å². The fraction of sp³-hybridized carbons (Fsp3) is 0.933. The molecular formula is C15H29N3O. The third kappa shape index (κ3) is 5.11. The van der Waals surface area contributed by atoms with Gasteiger partial charge in [-0.25, -0.2) is 0 Å². The van der Waals surface area contributed by atoms with Crippen LogP contribution in [0.5, 0.6) is 0 Å². The van der Waals surface area contributed by atoms with E-state index >= 15 is 0 Å². The quantitative estimate of drug-likeness (QED) is 0.764. The lowest BCUT2D eigenvalue weighted by molar-refractivity contribution is -0.121. The molecule has 0 saturated carbocycles. The van der Waals surface area contributed by atoms with E-state index in [2.05, 4.69) is 22.5 Å². The normalized spacial score (nSPS) is 28.5. The molecule has 2 rings (SSSR count). The largest absolute Gasteiger partial charge is 0.356 e.